The van der Waals surface area contributed by atoms with Crippen LogP contribution < -0.4 is 0 Å². The molecule has 9 heteroatoms. The maximum absolute atomic E-state index is 9.84. The molecule has 0 aromatic carbocycles. The number of hydrogen-bond donors (Lipinski definition) is 6. The minimum atomic E-state index is -1.16. The fraction of sp³-hybridized carbons (Fsp3) is 0.786. The topological polar surface area (TPSA) is 157 Å². The molecule has 0 aliphatic carbocycles. The number of carbonyl (C=O) groups is 1. The normalized spacial score (nSPS) is 11.4. The van der Waals surface area contributed by atoms with Crippen LogP contribution in [0.1, 0.15) is 0 Å². The van der Waals surface area contributed by atoms with Crippen LogP contribution in [0.2, 0.25) is 0 Å². The van der Waals surface area contributed by atoms with Crippen LogP contribution in [0.25, 0.3) is 0 Å². The lowest BCUT2D eigenvalue weighted by Crippen LogP contribution is -2.43. The fourth-order valence-corrected chi connectivity index (χ4v) is 1.14. The Morgan fingerprint density at radius 1 is 0.870 bits per heavy atom. The zero-order valence-corrected chi connectivity index (χ0v) is 13.3. The molecule has 0 bridgehead atoms. The van der Waals surface area contributed by atoms with Crippen molar-refractivity contribution >= 4 is 5.97 Å². The van der Waals surface area contributed by atoms with Gasteiger partial charge in [-0.15, -0.1) is 0 Å². The largest absolute Gasteiger partial charge is 0.466 e. The molecule has 0 amide bonds. The monoisotopic (exact) mass is 340 g/mol. The summed E-state index contributed by atoms with van der Waals surface area (Å²) in [7, 11) is 1.31. The van der Waals surface area contributed by atoms with Gasteiger partial charge in [0.1, 0.15) is 0 Å². The van der Waals surface area contributed by atoms with Crippen LogP contribution in [0, 0.1) is 10.8 Å². The van der Waals surface area contributed by atoms with Gasteiger partial charge in [-0.2, -0.15) is 0 Å². The molecule has 0 aliphatic rings. The van der Waals surface area contributed by atoms with E-state index in [1.807, 2.05) is 0 Å². The van der Waals surface area contributed by atoms with E-state index >= 15 is 0 Å². The number of hydrogen-bond acceptors (Lipinski definition) is 9. The molecule has 0 saturated heterocycles. The predicted octanol–water partition coefficient (Wildman–Crippen LogP) is -2.72. The molecule has 0 saturated carbocycles. The summed E-state index contributed by atoms with van der Waals surface area (Å²) in [4.78, 5) is 9.84. The van der Waals surface area contributed by atoms with Crippen molar-refractivity contribution in [2.75, 3.05) is 60.0 Å². The highest BCUT2D eigenvalue weighted by molar-refractivity contribution is 5.80. The smallest absolute Gasteiger partial charge is 0.329 e. The van der Waals surface area contributed by atoms with E-state index in [0.29, 0.717) is 0 Å². The Balaban J connectivity index is 0. The van der Waals surface area contributed by atoms with Crippen LogP contribution in [0.3, 0.4) is 0 Å². The first kappa shape index (κ1) is 24.2. The van der Waals surface area contributed by atoms with E-state index in [9.17, 15) is 4.79 Å². The van der Waals surface area contributed by atoms with Crippen molar-refractivity contribution in [3.63, 3.8) is 0 Å². The molecule has 0 aromatic heterocycles. The standard InChI is InChI=1S/C10H22O7.C4H6O2/c11-1-9(2-12,3-13)7-17-8-10(4-14,5-15)6-16;1-3-4(5)6-2/h11-16H,1-8H2;3H,1H2,2H3. The van der Waals surface area contributed by atoms with E-state index in [2.05, 4.69) is 11.3 Å². The van der Waals surface area contributed by atoms with Crippen LogP contribution in [0.4, 0.5) is 0 Å². The summed E-state index contributed by atoms with van der Waals surface area (Å²) in [5.74, 6) is -0.394. The third-order valence-corrected chi connectivity index (χ3v) is 3.20. The summed E-state index contributed by atoms with van der Waals surface area (Å²) in [6, 6.07) is 0. The molecule has 23 heavy (non-hydrogen) atoms. The third kappa shape index (κ3) is 8.96. The van der Waals surface area contributed by atoms with Crippen molar-refractivity contribution in [1.29, 1.82) is 0 Å². The minimum Gasteiger partial charge on any atom is -0.466 e. The zero-order valence-electron chi connectivity index (χ0n) is 13.3. The number of aliphatic hydroxyl groups is 6. The van der Waals surface area contributed by atoms with Crippen molar-refractivity contribution in [1.82, 2.24) is 0 Å². The molecule has 0 spiro atoms. The average molecular weight is 340 g/mol. The van der Waals surface area contributed by atoms with Gasteiger partial charge in [-0.05, 0) is 0 Å². The van der Waals surface area contributed by atoms with Crippen LogP contribution in [-0.2, 0) is 14.3 Å². The Hall–Kier alpha value is -1.07. The Morgan fingerprint density at radius 2 is 1.17 bits per heavy atom. The Kier molecular flexibility index (Phi) is 14.1. The van der Waals surface area contributed by atoms with Gasteiger partial charge >= 0.3 is 5.97 Å². The van der Waals surface area contributed by atoms with Gasteiger partial charge in [-0.3, -0.25) is 0 Å². The lowest BCUT2D eigenvalue weighted by atomic mass is 9.91. The maximum atomic E-state index is 9.84. The molecule has 0 radical (unpaired) electrons. The first-order chi connectivity index (χ1) is 10.9. The molecule has 0 fully saturated rings. The maximum Gasteiger partial charge on any atom is 0.329 e. The summed E-state index contributed by atoms with van der Waals surface area (Å²) in [5, 5.41) is 54.2. The number of methoxy groups -OCH3 is 1. The quantitative estimate of drug-likeness (QED) is 0.174. The molecule has 0 aliphatic heterocycles. The van der Waals surface area contributed by atoms with Gasteiger partial charge in [-0.1, -0.05) is 6.58 Å². The van der Waals surface area contributed by atoms with Crippen molar-refractivity contribution in [3.8, 4) is 0 Å². The molecule has 0 unspecified atom stereocenters. The van der Waals surface area contributed by atoms with Gasteiger partial charge in [0.2, 0.25) is 0 Å². The number of rotatable bonds is 11. The van der Waals surface area contributed by atoms with Crippen molar-refractivity contribution in [3.05, 3.63) is 12.7 Å². The number of aliphatic hydroxyl groups excluding tert-OH is 6. The molecule has 0 rings (SSSR count). The van der Waals surface area contributed by atoms with Crippen LogP contribution >= 0.6 is 0 Å². The van der Waals surface area contributed by atoms with Crippen LogP contribution in [0.5, 0.6) is 0 Å². The van der Waals surface area contributed by atoms with E-state index in [4.69, 9.17) is 35.4 Å². The van der Waals surface area contributed by atoms with Crippen molar-refractivity contribution in [2.45, 2.75) is 0 Å². The second-order valence-electron chi connectivity index (χ2n) is 5.17. The van der Waals surface area contributed by atoms with Crippen molar-refractivity contribution < 1.29 is 44.9 Å². The van der Waals surface area contributed by atoms with E-state index in [1.54, 1.807) is 0 Å². The second-order valence-corrected chi connectivity index (χ2v) is 5.17. The molecule has 9 nitrogen and oxygen atoms in total. The van der Waals surface area contributed by atoms with Gasteiger partial charge in [0.15, 0.2) is 0 Å². The van der Waals surface area contributed by atoms with E-state index in [-0.39, 0.29) is 13.2 Å². The summed E-state index contributed by atoms with van der Waals surface area (Å²) in [6.45, 7) is 0.152. The van der Waals surface area contributed by atoms with E-state index in [1.165, 1.54) is 7.11 Å². The molecular formula is C14H28O9. The summed E-state index contributed by atoms with van der Waals surface area (Å²) < 4.78 is 9.29. The van der Waals surface area contributed by atoms with E-state index in [0.717, 1.165) is 6.08 Å². The first-order valence-electron chi connectivity index (χ1n) is 6.82. The van der Waals surface area contributed by atoms with Crippen LogP contribution in [0.15, 0.2) is 12.7 Å². The van der Waals surface area contributed by atoms with Gasteiger partial charge in [0, 0.05) is 6.08 Å². The Bertz CT molecular complexity index is 275. The van der Waals surface area contributed by atoms with E-state index < -0.39 is 56.4 Å². The molecule has 0 heterocycles. The average Bonchev–Trinajstić information content (AvgIpc) is 2.63. The molecule has 0 atom stereocenters. The van der Waals surface area contributed by atoms with Gasteiger partial charge in [0.25, 0.3) is 0 Å². The lowest BCUT2D eigenvalue weighted by Gasteiger charge is -2.31. The zero-order chi connectivity index (χ0) is 18.4. The highest BCUT2D eigenvalue weighted by Gasteiger charge is 2.32. The second kappa shape index (κ2) is 13.4. The molecular weight excluding hydrogens is 312 g/mol. The SMILES string of the molecule is C=CC(=O)OC.OCC(CO)(CO)COCC(CO)(CO)CO. The highest BCUT2D eigenvalue weighted by atomic mass is 16.5. The summed E-state index contributed by atoms with van der Waals surface area (Å²) in [6.07, 6.45) is 1.11. The fourth-order valence-electron chi connectivity index (χ4n) is 1.14. The number of carbonyl (C=O) groups excluding carboxylic acids is 1. The molecule has 0 aromatic rings. The highest BCUT2D eigenvalue weighted by Crippen LogP contribution is 2.19. The molecule has 6 N–H and O–H groups in total. The van der Waals surface area contributed by atoms with Crippen molar-refractivity contribution in [2.24, 2.45) is 10.8 Å². The van der Waals surface area contributed by atoms with Gasteiger partial charge in [-0.25, -0.2) is 4.79 Å². The summed E-state index contributed by atoms with van der Waals surface area (Å²) >= 11 is 0. The van der Waals surface area contributed by atoms with Crippen LogP contribution in [-0.4, -0.2) is 96.6 Å². The Morgan fingerprint density at radius 3 is 1.30 bits per heavy atom. The Labute approximate surface area is 135 Å². The third-order valence-electron chi connectivity index (χ3n) is 3.20. The van der Waals surface area contributed by atoms with Gasteiger partial charge < -0.3 is 40.1 Å². The van der Waals surface area contributed by atoms with Gasteiger partial charge in [0.05, 0.1) is 70.8 Å². The predicted molar refractivity (Wildman–Crippen MR) is 80.4 cm³/mol. The minimum absolute atomic E-state index is 0.141. The molecule has 138 valence electrons. The number of esters is 1. The first-order valence-corrected chi connectivity index (χ1v) is 6.82. The summed E-state index contributed by atoms with van der Waals surface area (Å²) in [5.41, 5.74) is -2.32. The number of ether oxygens (including phenoxy) is 2. The lowest BCUT2D eigenvalue weighted by molar-refractivity contribution is -0.134.